The number of alkyl carbamates (subject to hydrolysis) is 1. The summed E-state index contributed by atoms with van der Waals surface area (Å²) < 4.78 is 5.41. The van der Waals surface area contributed by atoms with Crippen LogP contribution < -0.4 is 21.7 Å². The maximum atomic E-state index is 13.7. The minimum atomic E-state index is -1.04. The number of nitrogens with one attached hydrogen (secondary N) is 4. The Balaban J connectivity index is 1.82. The molecule has 4 atom stereocenters. The van der Waals surface area contributed by atoms with Crippen molar-refractivity contribution in [1.29, 1.82) is 0 Å². The average Bonchev–Trinajstić information content (AvgIpc) is 3.32. The second kappa shape index (κ2) is 13.8. The molecule has 2 aromatic carbocycles. The first-order valence-electron chi connectivity index (χ1n) is 13.9. The minimum absolute atomic E-state index is 0.155. The maximum absolute atomic E-state index is 13.7. The highest BCUT2D eigenvalue weighted by Crippen LogP contribution is 2.20. The highest BCUT2D eigenvalue weighted by molar-refractivity contribution is 5.94. The number of hydrogen-bond acceptors (Lipinski definition) is 5. The van der Waals surface area contributed by atoms with Gasteiger partial charge in [0.25, 0.3) is 0 Å². The van der Waals surface area contributed by atoms with Crippen molar-refractivity contribution in [3.05, 3.63) is 71.9 Å². The molecule has 0 radical (unpaired) electrons. The molecule has 0 saturated carbocycles. The Kier molecular flexibility index (Phi) is 10.5. The quantitative estimate of drug-likeness (QED) is 0.229. The number of nitrogens with two attached hydrogens (primary N) is 1. The number of ether oxygens (including phenoxy) is 1. The molecule has 1 aromatic heterocycles. The van der Waals surface area contributed by atoms with E-state index in [4.69, 9.17) is 10.5 Å². The Morgan fingerprint density at radius 2 is 1.54 bits per heavy atom. The molecule has 0 spiro atoms. The molecule has 0 aliphatic heterocycles. The van der Waals surface area contributed by atoms with Gasteiger partial charge in [0.15, 0.2) is 0 Å². The second-order valence-electron chi connectivity index (χ2n) is 11.3. The third-order valence-electron chi connectivity index (χ3n) is 6.84. The summed E-state index contributed by atoms with van der Waals surface area (Å²) in [6, 6.07) is 13.9. The largest absolute Gasteiger partial charge is 0.444 e. The van der Waals surface area contributed by atoms with Crippen LogP contribution in [0.2, 0.25) is 0 Å². The first-order chi connectivity index (χ1) is 19.4. The molecule has 10 nitrogen and oxygen atoms in total. The number of carbonyl (C=O) groups excluding carboxylic acids is 4. The molecule has 6 N–H and O–H groups in total. The molecule has 0 unspecified atom stereocenters. The molecule has 0 aliphatic rings. The number of para-hydroxylation sites is 1. The van der Waals surface area contributed by atoms with Crippen LogP contribution in [0.1, 0.15) is 52.2 Å². The molecule has 0 bridgehead atoms. The predicted octanol–water partition coefficient (Wildman–Crippen LogP) is 3.35. The lowest BCUT2D eigenvalue weighted by Gasteiger charge is -2.28. The summed E-state index contributed by atoms with van der Waals surface area (Å²) in [6.45, 7) is 8.92. The molecule has 4 amide bonds. The Morgan fingerprint density at radius 3 is 2.17 bits per heavy atom. The van der Waals surface area contributed by atoms with E-state index in [0.29, 0.717) is 6.42 Å². The predicted molar refractivity (Wildman–Crippen MR) is 158 cm³/mol. The van der Waals surface area contributed by atoms with Crippen molar-refractivity contribution in [1.82, 2.24) is 20.9 Å². The Hall–Kier alpha value is -4.34. The highest BCUT2D eigenvalue weighted by atomic mass is 16.6. The number of primary amides is 1. The Morgan fingerprint density at radius 1 is 0.878 bits per heavy atom. The number of fused-ring (bicyclic) bond motifs is 1. The zero-order chi connectivity index (χ0) is 30.2. The average molecular weight is 564 g/mol. The van der Waals surface area contributed by atoms with Crippen LogP contribution in [0, 0.1) is 5.92 Å². The minimum Gasteiger partial charge on any atom is -0.444 e. The molecule has 220 valence electrons. The molecular formula is C31H41N5O5. The van der Waals surface area contributed by atoms with Gasteiger partial charge in [-0.25, -0.2) is 4.79 Å². The lowest BCUT2D eigenvalue weighted by atomic mass is 9.96. The molecule has 0 fully saturated rings. The van der Waals surface area contributed by atoms with Gasteiger partial charge in [-0.05, 0) is 43.9 Å². The van der Waals surface area contributed by atoms with Crippen molar-refractivity contribution >= 4 is 34.7 Å². The summed E-state index contributed by atoms with van der Waals surface area (Å²) in [5, 5.41) is 9.13. The number of amides is 4. The first kappa shape index (κ1) is 31.2. The lowest BCUT2D eigenvalue weighted by molar-refractivity contribution is -0.133. The Bertz CT molecular complexity index is 1350. The number of aromatic nitrogens is 1. The van der Waals surface area contributed by atoms with E-state index in [-0.39, 0.29) is 18.8 Å². The van der Waals surface area contributed by atoms with Crippen molar-refractivity contribution in [2.75, 3.05) is 0 Å². The standard InChI is InChI=1S/C31H41N5O5/c1-6-19(2)26(29(39)34-24(27(32)37)16-20-12-8-7-9-13-20)36-28(38)25(35-30(40)41-31(3,4)5)17-21-18-33-23-15-11-10-14-22(21)23/h7-15,18-19,24-26,33H,6,16-17H2,1-5H3,(H2,32,37)(H,34,39)(H,35,40)(H,36,38)/t19-,24-,25+,26-/m0/s1. The smallest absolute Gasteiger partial charge is 0.408 e. The van der Waals surface area contributed by atoms with Crippen LogP contribution in [0.15, 0.2) is 60.8 Å². The summed E-state index contributed by atoms with van der Waals surface area (Å²) >= 11 is 0. The summed E-state index contributed by atoms with van der Waals surface area (Å²) in [7, 11) is 0. The van der Waals surface area contributed by atoms with Gasteiger partial charge in [0.05, 0.1) is 0 Å². The van der Waals surface area contributed by atoms with E-state index in [9.17, 15) is 19.2 Å². The van der Waals surface area contributed by atoms with Crippen molar-refractivity contribution in [3.8, 4) is 0 Å². The number of H-pyrrole nitrogens is 1. The zero-order valence-electron chi connectivity index (χ0n) is 24.3. The molecule has 0 aliphatic carbocycles. The van der Waals surface area contributed by atoms with Gasteiger partial charge in [-0.2, -0.15) is 0 Å². The third-order valence-corrected chi connectivity index (χ3v) is 6.84. The van der Waals surface area contributed by atoms with Crippen molar-refractivity contribution in [3.63, 3.8) is 0 Å². The monoisotopic (exact) mass is 563 g/mol. The van der Waals surface area contributed by atoms with Crippen molar-refractivity contribution in [2.24, 2.45) is 11.7 Å². The second-order valence-corrected chi connectivity index (χ2v) is 11.3. The fourth-order valence-corrected chi connectivity index (χ4v) is 4.47. The van der Waals surface area contributed by atoms with Crippen LogP contribution in [0.3, 0.4) is 0 Å². The van der Waals surface area contributed by atoms with Crippen LogP contribution in [-0.4, -0.2) is 52.5 Å². The topological polar surface area (TPSA) is 155 Å². The summed E-state index contributed by atoms with van der Waals surface area (Å²) in [6.07, 6.45) is 1.99. The van der Waals surface area contributed by atoms with E-state index in [2.05, 4.69) is 20.9 Å². The summed E-state index contributed by atoms with van der Waals surface area (Å²) in [5.74, 6) is -2.05. The first-order valence-corrected chi connectivity index (χ1v) is 13.9. The molecule has 0 saturated heterocycles. The Labute approximate surface area is 240 Å². The van der Waals surface area contributed by atoms with Gasteiger partial charge in [0.1, 0.15) is 23.7 Å². The van der Waals surface area contributed by atoms with Gasteiger partial charge in [0.2, 0.25) is 17.7 Å². The molecule has 41 heavy (non-hydrogen) atoms. The molecule has 3 aromatic rings. The number of rotatable bonds is 12. The molecule has 10 heteroatoms. The van der Waals surface area contributed by atoms with Gasteiger partial charge in [-0.3, -0.25) is 14.4 Å². The zero-order valence-corrected chi connectivity index (χ0v) is 24.3. The lowest BCUT2D eigenvalue weighted by Crippen LogP contribution is -2.59. The molecule has 1 heterocycles. The van der Waals surface area contributed by atoms with E-state index in [0.717, 1.165) is 22.0 Å². The van der Waals surface area contributed by atoms with Crippen LogP contribution in [0.5, 0.6) is 0 Å². The van der Waals surface area contributed by atoms with E-state index >= 15 is 0 Å². The highest BCUT2D eigenvalue weighted by Gasteiger charge is 2.33. The number of carbonyl (C=O) groups is 4. The normalized spacial score (nSPS) is 14.4. The molecular weight excluding hydrogens is 522 g/mol. The molecule has 3 rings (SSSR count). The van der Waals surface area contributed by atoms with E-state index < -0.39 is 47.5 Å². The van der Waals surface area contributed by atoms with Gasteiger partial charge in [-0.1, -0.05) is 68.8 Å². The summed E-state index contributed by atoms with van der Waals surface area (Å²) in [5.41, 5.74) is 7.39. The van der Waals surface area contributed by atoms with Gasteiger partial charge in [0, 0.05) is 29.9 Å². The number of benzene rings is 2. The van der Waals surface area contributed by atoms with Gasteiger partial charge >= 0.3 is 6.09 Å². The third kappa shape index (κ3) is 9.09. The van der Waals surface area contributed by atoms with Crippen molar-refractivity contribution in [2.45, 2.75) is 77.6 Å². The number of aromatic amines is 1. The van der Waals surface area contributed by atoms with E-state index in [1.807, 2.05) is 68.4 Å². The van der Waals surface area contributed by atoms with E-state index in [1.54, 1.807) is 27.0 Å². The van der Waals surface area contributed by atoms with Gasteiger partial charge in [-0.15, -0.1) is 0 Å². The van der Waals surface area contributed by atoms with E-state index in [1.165, 1.54) is 0 Å². The van der Waals surface area contributed by atoms with Crippen LogP contribution >= 0.6 is 0 Å². The fourth-order valence-electron chi connectivity index (χ4n) is 4.47. The number of hydrogen-bond donors (Lipinski definition) is 5. The van der Waals surface area contributed by atoms with Crippen LogP contribution in [0.4, 0.5) is 4.79 Å². The maximum Gasteiger partial charge on any atom is 0.408 e. The van der Waals surface area contributed by atoms with Crippen LogP contribution in [-0.2, 0) is 32.0 Å². The fraction of sp³-hybridized carbons (Fsp3) is 0.419. The van der Waals surface area contributed by atoms with Crippen LogP contribution in [0.25, 0.3) is 10.9 Å². The summed E-state index contributed by atoms with van der Waals surface area (Å²) in [4.78, 5) is 55.3. The van der Waals surface area contributed by atoms with Gasteiger partial charge < -0.3 is 31.4 Å². The SMILES string of the molecule is CC[C@H](C)[C@H](NC(=O)[C@@H](Cc1c[nH]c2ccccc12)NC(=O)OC(C)(C)C)C(=O)N[C@@H](Cc1ccccc1)C(N)=O. The van der Waals surface area contributed by atoms with Crippen molar-refractivity contribution < 1.29 is 23.9 Å².